The maximum absolute atomic E-state index is 13.2. The largest absolute Gasteiger partial charge is 0.465 e. The van der Waals surface area contributed by atoms with Crippen molar-refractivity contribution in [1.82, 2.24) is 4.72 Å². The Hall–Kier alpha value is -3.43. The second kappa shape index (κ2) is 18.0. The van der Waals surface area contributed by atoms with Crippen molar-refractivity contribution in [1.29, 1.82) is 0 Å². The molecule has 39 heavy (non-hydrogen) atoms. The van der Waals surface area contributed by atoms with Gasteiger partial charge < -0.3 is 20.9 Å². The standard InChI is InChI=1S/C11H14F2N2O4S.C8H7F2NO2.C3H9N.2CH4/c1-6(2)14-20(17,18)15-10-5-9(13)8(12)4-7(10)11(16)19-3;1-13-8(12)4-2-5(9)6(10)3-7(4)11;1-3(2)4;;/h4-6,14-15H,1-3H3;2-3H,11H2,1H3;3H,4H2,1-2H3;2*1H4. The van der Waals surface area contributed by atoms with E-state index in [0.717, 1.165) is 20.3 Å². The van der Waals surface area contributed by atoms with Crippen LogP contribution in [-0.2, 0) is 19.7 Å². The SMILES string of the molecule is C.C.CC(C)N.COC(=O)c1cc(F)c(F)cc1N.COC(=O)c1cc(F)c(F)cc1NS(=O)(=O)NC(C)C. The summed E-state index contributed by atoms with van der Waals surface area (Å²) in [6.45, 7) is 7.04. The molecule has 0 aliphatic heterocycles. The second-order valence-corrected chi connectivity index (χ2v) is 9.22. The van der Waals surface area contributed by atoms with Gasteiger partial charge >= 0.3 is 11.9 Å². The van der Waals surface area contributed by atoms with E-state index in [4.69, 9.17) is 11.5 Å². The van der Waals surface area contributed by atoms with E-state index in [9.17, 15) is 35.6 Å². The number of benzene rings is 2. The van der Waals surface area contributed by atoms with E-state index in [1.165, 1.54) is 0 Å². The summed E-state index contributed by atoms with van der Waals surface area (Å²) in [7, 11) is -1.86. The number of nitrogen functional groups attached to an aromatic ring is 1. The van der Waals surface area contributed by atoms with Gasteiger partial charge in [0.05, 0.1) is 31.0 Å². The Balaban J connectivity index is -0.000000590. The van der Waals surface area contributed by atoms with Crippen LogP contribution in [-0.4, -0.2) is 46.7 Å². The Morgan fingerprint density at radius 1 is 0.795 bits per heavy atom. The molecule has 2 aromatic rings. The average molecular weight is 587 g/mol. The zero-order chi connectivity index (χ0) is 29.1. The van der Waals surface area contributed by atoms with Gasteiger partial charge in [0.1, 0.15) is 0 Å². The Bertz CT molecular complexity index is 1190. The highest BCUT2D eigenvalue weighted by Crippen LogP contribution is 2.22. The van der Waals surface area contributed by atoms with Crippen LogP contribution in [0.2, 0.25) is 0 Å². The molecule has 15 heteroatoms. The first-order valence-corrected chi connectivity index (χ1v) is 11.9. The van der Waals surface area contributed by atoms with E-state index < -0.39 is 62.7 Å². The van der Waals surface area contributed by atoms with Crippen LogP contribution in [0, 0.1) is 23.3 Å². The van der Waals surface area contributed by atoms with Gasteiger partial charge in [-0.1, -0.05) is 28.7 Å². The molecule has 6 N–H and O–H groups in total. The molecule has 0 aliphatic carbocycles. The third-order valence-corrected chi connectivity index (χ3v) is 4.87. The lowest BCUT2D eigenvalue weighted by molar-refractivity contribution is 0.0592. The fourth-order valence-corrected chi connectivity index (χ4v) is 3.38. The van der Waals surface area contributed by atoms with Gasteiger partial charge in [0.2, 0.25) is 0 Å². The van der Waals surface area contributed by atoms with Crippen LogP contribution in [0.4, 0.5) is 28.9 Å². The number of carbonyl (C=O) groups is 2. The van der Waals surface area contributed by atoms with E-state index in [-0.39, 0.29) is 26.1 Å². The van der Waals surface area contributed by atoms with Crippen molar-refractivity contribution >= 4 is 33.5 Å². The lowest BCUT2D eigenvalue weighted by atomic mass is 10.2. The van der Waals surface area contributed by atoms with Crippen LogP contribution in [0.5, 0.6) is 0 Å². The highest BCUT2D eigenvalue weighted by Gasteiger charge is 2.21. The molecule has 0 aliphatic rings. The van der Waals surface area contributed by atoms with Crippen LogP contribution >= 0.6 is 0 Å². The third-order valence-electron chi connectivity index (χ3n) is 3.60. The number of hydrogen-bond acceptors (Lipinski definition) is 8. The number of anilines is 2. The van der Waals surface area contributed by atoms with Crippen LogP contribution in [0.15, 0.2) is 24.3 Å². The number of ether oxygens (including phenoxy) is 2. The summed E-state index contributed by atoms with van der Waals surface area (Å²) in [6.07, 6.45) is 0. The van der Waals surface area contributed by atoms with Crippen molar-refractivity contribution in [2.45, 2.75) is 54.6 Å². The Kier molecular flexibility index (Phi) is 18.5. The minimum Gasteiger partial charge on any atom is -0.465 e. The molecule has 0 atom stereocenters. The predicted molar refractivity (Wildman–Crippen MR) is 143 cm³/mol. The third kappa shape index (κ3) is 14.3. The minimum absolute atomic E-state index is 0. The summed E-state index contributed by atoms with van der Waals surface area (Å²) >= 11 is 0. The Morgan fingerprint density at radius 3 is 1.56 bits per heavy atom. The summed E-state index contributed by atoms with van der Waals surface area (Å²) in [5.41, 5.74) is 9.20. The molecule has 0 heterocycles. The molecule has 0 fully saturated rings. The molecule has 0 aromatic heterocycles. The quantitative estimate of drug-likeness (QED) is 0.220. The number of halogens is 4. The fraction of sp³-hybridized carbons (Fsp3) is 0.417. The maximum Gasteiger partial charge on any atom is 0.340 e. The van der Waals surface area contributed by atoms with Crippen LogP contribution in [0.1, 0.15) is 63.3 Å². The molecule has 0 radical (unpaired) electrons. The van der Waals surface area contributed by atoms with Crippen molar-refractivity contribution in [3.05, 3.63) is 58.7 Å². The van der Waals surface area contributed by atoms with Gasteiger partial charge in [-0.05, 0) is 32.0 Å². The summed E-state index contributed by atoms with van der Waals surface area (Å²) in [6, 6.07) is 2.49. The van der Waals surface area contributed by atoms with Gasteiger partial charge in [-0.2, -0.15) is 13.1 Å². The lowest BCUT2D eigenvalue weighted by Crippen LogP contribution is -2.35. The molecule has 2 rings (SSSR count). The van der Waals surface area contributed by atoms with E-state index in [0.29, 0.717) is 24.2 Å². The number of carbonyl (C=O) groups excluding carboxylic acids is 2. The van der Waals surface area contributed by atoms with Gasteiger partial charge in [-0.25, -0.2) is 27.2 Å². The zero-order valence-electron chi connectivity index (χ0n) is 21.0. The zero-order valence-corrected chi connectivity index (χ0v) is 21.8. The summed E-state index contributed by atoms with van der Waals surface area (Å²) in [5.74, 6) is -6.59. The summed E-state index contributed by atoms with van der Waals surface area (Å²) < 4.78 is 87.6. The maximum atomic E-state index is 13.2. The first kappa shape index (κ1) is 40.1. The molecule has 10 nitrogen and oxygen atoms in total. The first-order valence-electron chi connectivity index (χ1n) is 10.4. The molecule has 0 bridgehead atoms. The van der Waals surface area contributed by atoms with E-state index in [1.807, 2.05) is 18.6 Å². The molecular weight excluding hydrogens is 548 g/mol. The monoisotopic (exact) mass is 586 g/mol. The lowest BCUT2D eigenvalue weighted by Gasteiger charge is -2.14. The topological polar surface area (TPSA) is 163 Å². The van der Waals surface area contributed by atoms with Gasteiger partial charge in [-0.15, -0.1) is 0 Å². The fourth-order valence-electron chi connectivity index (χ4n) is 2.24. The molecule has 0 amide bonds. The normalized spacial score (nSPS) is 10.1. The minimum atomic E-state index is -4.02. The van der Waals surface area contributed by atoms with E-state index >= 15 is 0 Å². The van der Waals surface area contributed by atoms with Crippen LogP contribution in [0.3, 0.4) is 0 Å². The van der Waals surface area contributed by atoms with Gasteiger partial charge in [0.25, 0.3) is 10.2 Å². The number of rotatable bonds is 6. The molecule has 224 valence electrons. The van der Waals surface area contributed by atoms with E-state index in [2.05, 4.69) is 14.2 Å². The van der Waals surface area contributed by atoms with Crippen molar-refractivity contribution < 1.29 is 45.0 Å². The first-order chi connectivity index (χ1) is 16.9. The van der Waals surface area contributed by atoms with Gasteiger partial charge in [0, 0.05) is 23.9 Å². The van der Waals surface area contributed by atoms with Crippen LogP contribution < -0.4 is 20.9 Å². The molecule has 0 unspecified atom stereocenters. The van der Waals surface area contributed by atoms with Crippen molar-refractivity contribution in [3.63, 3.8) is 0 Å². The van der Waals surface area contributed by atoms with Gasteiger partial charge in [0.15, 0.2) is 23.3 Å². The number of methoxy groups -OCH3 is 2. The van der Waals surface area contributed by atoms with Gasteiger partial charge in [-0.3, -0.25) is 4.72 Å². The summed E-state index contributed by atoms with van der Waals surface area (Å²) in [4.78, 5) is 22.3. The van der Waals surface area contributed by atoms with Crippen molar-refractivity contribution in [3.8, 4) is 0 Å². The number of esters is 2. The Morgan fingerprint density at radius 2 is 1.15 bits per heavy atom. The predicted octanol–water partition coefficient (Wildman–Crippen LogP) is 4.37. The number of nitrogens with two attached hydrogens (primary N) is 2. The van der Waals surface area contributed by atoms with Crippen molar-refractivity contribution in [2.75, 3.05) is 24.7 Å². The molecule has 0 saturated carbocycles. The van der Waals surface area contributed by atoms with E-state index in [1.54, 1.807) is 13.8 Å². The summed E-state index contributed by atoms with van der Waals surface area (Å²) in [5, 5.41) is 0. The molecule has 0 saturated heterocycles. The number of nitrogens with one attached hydrogen (secondary N) is 2. The average Bonchev–Trinajstić information content (AvgIpc) is 2.76. The highest BCUT2D eigenvalue weighted by molar-refractivity contribution is 7.90. The highest BCUT2D eigenvalue weighted by atomic mass is 32.2. The van der Waals surface area contributed by atoms with Crippen LogP contribution in [0.25, 0.3) is 0 Å². The molecule has 2 aromatic carbocycles. The molecular formula is C24H38F4N4O6S. The molecule has 0 spiro atoms. The second-order valence-electron chi connectivity index (χ2n) is 7.77. The smallest absolute Gasteiger partial charge is 0.340 e. The number of hydrogen-bond donors (Lipinski definition) is 4. The van der Waals surface area contributed by atoms with Crippen molar-refractivity contribution in [2.24, 2.45) is 5.73 Å². The Labute approximate surface area is 227 Å².